The summed E-state index contributed by atoms with van der Waals surface area (Å²) >= 11 is 0. The van der Waals surface area contributed by atoms with Gasteiger partial charge in [0, 0.05) is 6.07 Å². The second-order valence-corrected chi connectivity index (χ2v) is 6.07. The van der Waals surface area contributed by atoms with Crippen LogP contribution in [0.15, 0.2) is 47.4 Å². The molecule has 0 unspecified atom stereocenters. The van der Waals surface area contributed by atoms with E-state index in [1.165, 1.54) is 18.2 Å². The second kappa shape index (κ2) is 6.50. The number of hydrogen-bond donors (Lipinski definition) is 0. The summed E-state index contributed by atoms with van der Waals surface area (Å²) in [5.41, 5.74) is 0.852. The molecule has 0 fully saturated rings. The van der Waals surface area contributed by atoms with E-state index in [0.717, 1.165) is 5.56 Å². The van der Waals surface area contributed by atoms with Crippen LogP contribution < -0.4 is 8.92 Å². The fourth-order valence-electron chi connectivity index (χ4n) is 1.96. The van der Waals surface area contributed by atoms with Gasteiger partial charge in [-0.05, 0) is 43.7 Å². The van der Waals surface area contributed by atoms with E-state index < -0.39 is 10.1 Å². The van der Waals surface area contributed by atoms with Gasteiger partial charge < -0.3 is 8.92 Å². The number of nitriles is 1. The lowest BCUT2D eigenvalue weighted by atomic mass is 10.2. The Balaban J connectivity index is 2.39. The van der Waals surface area contributed by atoms with E-state index >= 15 is 0 Å². The second-order valence-electron chi connectivity index (χ2n) is 4.56. The molecule has 6 heteroatoms. The molecule has 2 aromatic carbocycles. The highest BCUT2D eigenvalue weighted by Gasteiger charge is 2.21. The van der Waals surface area contributed by atoms with Crippen LogP contribution in [0, 0.1) is 18.3 Å². The molecule has 0 spiro atoms. The molecule has 2 rings (SSSR count). The molecule has 0 aliphatic heterocycles. The maximum atomic E-state index is 12.3. The number of rotatable bonds is 5. The van der Waals surface area contributed by atoms with Gasteiger partial charge in [-0.1, -0.05) is 12.1 Å². The lowest BCUT2D eigenvalue weighted by Gasteiger charge is -2.11. The van der Waals surface area contributed by atoms with Gasteiger partial charge in [0.1, 0.15) is 22.5 Å². The van der Waals surface area contributed by atoms with Gasteiger partial charge in [-0.15, -0.1) is 0 Å². The third-order valence-corrected chi connectivity index (χ3v) is 4.12. The van der Waals surface area contributed by atoms with E-state index in [1.807, 2.05) is 19.9 Å². The first-order valence-electron chi connectivity index (χ1n) is 6.64. The van der Waals surface area contributed by atoms with Crippen molar-refractivity contribution in [1.29, 1.82) is 5.26 Å². The maximum Gasteiger partial charge on any atom is 0.340 e. The lowest BCUT2D eigenvalue weighted by Crippen LogP contribution is -2.11. The fraction of sp³-hybridized carbons (Fsp3) is 0.188. The van der Waals surface area contributed by atoms with Crippen LogP contribution in [0.1, 0.15) is 18.1 Å². The van der Waals surface area contributed by atoms with Crippen molar-refractivity contribution in [2.24, 2.45) is 0 Å². The van der Waals surface area contributed by atoms with Crippen LogP contribution >= 0.6 is 0 Å². The molecule has 0 heterocycles. The van der Waals surface area contributed by atoms with Crippen molar-refractivity contribution in [1.82, 2.24) is 0 Å². The first-order valence-corrected chi connectivity index (χ1v) is 8.05. The summed E-state index contributed by atoms with van der Waals surface area (Å²) in [6.45, 7) is 4.11. The SMILES string of the molecule is CCOc1cc(C)cc(OS(=O)(=O)c2ccccc2C#N)c1. The average Bonchev–Trinajstić information content (AvgIpc) is 2.46. The van der Waals surface area contributed by atoms with Crippen molar-refractivity contribution in [3.05, 3.63) is 53.6 Å². The van der Waals surface area contributed by atoms with Crippen molar-refractivity contribution >= 4 is 10.1 Å². The normalized spacial score (nSPS) is 10.8. The molecule has 2 aromatic rings. The zero-order valence-corrected chi connectivity index (χ0v) is 13.1. The van der Waals surface area contributed by atoms with E-state index in [2.05, 4.69) is 0 Å². The minimum atomic E-state index is -4.08. The van der Waals surface area contributed by atoms with Gasteiger partial charge in [0.2, 0.25) is 0 Å². The summed E-state index contributed by atoms with van der Waals surface area (Å²) in [5.74, 6) is 0.678. The Hall–Kier alpha value is -2.52. The van der Waals surface area contributed by atoms with Crippen molar-refractivity contribution < 1.29 is 17.3 Å². The molecule has 0 aromatic heterocycles. The summed E-state index contributed by atoms with van der Waals surface area (Å²) in [6, 6.07) is 12.6. The van der Waals surface area contributed by atoms with Gasteiger partial charge in [-0.2, -0.15) is 13.7 Å². The zero-order valence-electron chi connectivity index (χ0n) is 12.2. The molecule has 0 atom stereocenters. The van der Waals surface area contributed by atoms with Gasteiger partial charge in [0.25, 0.3) is 0 Å². The fourth-order valence-corrected chi connectivity index (χ4v) is 3.03. The summed E-state index contributed by atoms with van der Waals surface area (Å²) in [4.78, 5) is -0.156. The van der Waals surface area contributed by atoms with Crippen molar-refractivity contribution in [3.8, 4) is 17.6 Å². The molecule has 22 heavy (non-hydrogen) atoms. The van der Waals surface area contributed by atoms with Gasteiger partial charge in [-0.25, -0.2) is 0 Å². The maximum absolute atomic E-state index is 12.3. The molecule has 0 radical (unpaired) electrons. The molecular weight excluding hydrogens is 302 g/mol. The summed E-state index contributed by atoms with van der Waals surface area (Å²) in [6.07, 6.45) is 0. The third-order valence-electron chi connectivity index (χ3n) is 2.82. The Kier molecular flexibility index (Phi) is 4.68. The van der Waals surface area contributed by atoms with E-state index in [-0.39, 0.29) is 16.2 Å². The molecule has 0 aliphatic carbocycles. The van der Waals surface area contributed by atoms with Crippen LogP contribution in [-0.2, 0) is 10.1 Å². The molecule has 0 saturated heterocycles. The van der Waals surface area contributed by atoms with Gasteiger partial charge in [0.05, 0.1) is 12.2 Å². The highest BCUT2D eigenvalue weighted by Crippen LogP contribution is 2.26. The Morgan fingerprint density at radius 3 is 2.50 bits per heavy atom. The Labute approximate surface area is 129 Å². The van der Waals surface area contributed by atoms with Crippen LogP contribution in [-0.4, -0.2) is 15.0 Å². The summed E-state index contributed by atoms with van der Waals surface area (Å²) < 4.78 is 35.2. The largest absolute Gasteiger partial charge is 0.494 e. The monoisotopic (exact) mass is 317 g/mol. The molecular formula is C16H15NO4S. The third kappa shape index (κ3) is 3.57. The van der Waals surface area contributed by atoms with E-state index in [9.17, 15) is 8.42 Å². The van der Waals surface area contributed by atoms with Gasteiger partial charge in [-0.3, -0.25) is 0 Å². The number of nitrogens with zero attached hydrogens (tertiary/aromatic N) is 1. The van der Waals surface area contributed by atoms with Crippen LogP contribution in [0.4, 0.5) is 0 Å². The smallest absolute Gasteiger partial charge is 0.340 e. The van der Waals surface area contributed by atoms with Crippen molar-refractivity contribution in [3.63, 3.8) is 0 Å². The predicted octanol–water partition coefficient (Wildman–Crippen LogP) is 3.03. The number of benzene rings is 2. The molecule has 0 saturated carbocycles. The number of aryl methyl sites for hydroxylation is 1. The highest BCUT2D eigenvalue weighted by atomic mass is 32.2. The highest BCUT2D eigenvalue weighted by molar-refractivity contribution is 7.87. The standard InChI is InChI=1S/C16H15NO4S/c1-3-20-14-8-12(2)9-15(10-14)21-22(18,19)16-7-5-4-6-13(16)11-17/h4-10H,3H2,1-2H3. The number of hydrogen-bond acceptors (Lipinski definition) is 5. The van der Waals surface area contributed by atoms with Crippen LogP contribution in [0.5, 0.6) is 11.5 Å². The lowest BCUT2D eigenvalue weighted by molar-refractivity contribution is 0.338. The molecule has 0 bridgehead atoms. The Morgan fingerprint density at radius 2 is 1.82 bits per heavy atom. The predicted molar refractivity (Wildman–Crippen MR) is 81.3 cm³/mol. The quantitative estimate of drug-likeness (QED) is 0.792. The van der Waals surface area contributed by atoms with Crippen LogP contribution in [0.25, 0.3) is 0 Å². The van der Waals surface area contributed by atoms with Crippen molar-refractivity contribution in [2.75, 3.05) is 6.61 Å². The Bertz CT molecular complexity index is 822. The summed E-state index contributed by atoms with van der Waals surface area (Å²) in [7, 11) is -4.08. The first kappa shape index (κ1) is 15.9. The number of ether oxygens (including phenoxy) is 1. The zero-order chi connectivity index (χ0) is 16.2. The minimum absolute atomic E-state index is 0.0418. The van der Waals surface area contributed by atoms with Crippen molar-refractivity contribution in [2.45, 2.75) is 18.7 Å². The van der Waals surface area contributed by atoms with E-state index in [4.69, 9.17) is 14.2 Å². The molecule has 114 valence electrons. The Morgan fingerprint density at radius 1 is 1.14 bits per heavy atom. The molecule has 0 aliphatic rings. The van der Waals surface area contributed by atoms with Crippen LogP contribution in [0.3, 0.4) is 0 Å². The van der Waals surface area contributed by atoms with E-state index in [0.29, 0.717) is 12.4 Å². The van der Waals surface area contributed by atoms with Crippen LogP contribution in [0.2, 0.25) is 0 Å². The topological polar surface area (TPSA) is 76.4 Å². The van der Waals surface area contributed by atoms with Gasteiger partial charge in [0.15, 0.2) is 0 Å². The minimum Gasteiger partial charge on any atom is -0.494 e. The molecule has 0 N–H and O–H groups in total. The summed E-state index contributed by atoms with van der Waals surface area (Å²) in [5, 5.41) is 9.02. The molecule has 0 amide bonds. The molecule has 5 nitrogen and oxygen atoms in total. The van der Waals surface area contributed by atoms with Gasteiger partial charge >= 0.3 is 10.1 Å². The first-order chi connectivity index (χ1) is 10.5. The average molecular weight is 317 g/mol. The van der Waals surface area contributed by atoms with E-state index in [1.54, 1.807) is 24.3 Å².